The molecule has 0 saturated carbocycles. The van der Waals surface area contributed by atoms with Crippen molar-refractivity contribution < 1.29 is 13.2 Å². The highest BCUT2D eigenvalue weighted by Gasteiger charge is 2.41. The van der Waals surface area contributed by atoms with Crippen molar-refractivity contribution in [2.75, 3.05) is 39.3 Å². The van der Waals surface area contributed by atoms with E-state index in [9.17, 15) is 13.2 Å². The van der Waals surface area contributed by atoms with Gasteiger partial charge in [-0.05, 0) is 13.8 Å². The highest BCUT2D eigenvalue weighted by molar-refractivity contribution is 5.80. The van der Waals surface area contributed by atoms with Crippen LogP contribution in [0.1, 0.15) is 26.6 Å². The Morgan fingerprint density at radius 2 is 1.96 bits per heavy atom. The van der Waals surface area contributed by atoms with E-state index in [4.69, 9.17) is 0 Å². The number of piperazine rings is 1. The molecular formula is C16H28F3N7. The van der Waals surface area contributed by atoms with Crippen molar-refractivity contribution in [2.45, 2.75) is 46.0 Å². The zero-order valence-corrected chi connectivity index (χ0v) is 15.6. The summed E-state index contributed by atoms with van der Waals surface area (Å²) in [6.45, 7) is 8.97. The third-order valence-electron chi connectivity index (χ3n) is 4.58. The molecule has 10 heteroatoms. The van der Waals surface area contributed by atoms with Crippen LogP contribution in [-0.4, -0.2) is 82.0 Å². The SMILES string of the molecule is CCNC(=NCCn1cnnc1CC)N1CCN(C(C)C(F)(F)F)CC1. The van der Waals surface area contributed by atoms with Crippen molar-refractivity contribution in [1.29, 1.82) is 0 Å². The number of nitrogens with one attached hydrogen (secondary N) is 1. The summed E-state index contributed by atoms with van der Waals surface area (Å²) in [4.78, 5) is 8.12. The summed E-state index contributed by atoms with van der Waals surface area (Å²) in [5.41, 5.74) is 0. The Hall–Kier alpha value is -1.84. The predicted molar refractivity (Wildman–Crippen MR) is 94.0 cm³/mol. The quantitative estimate of drug-likeness (QED) is 0.601. The third-order valence-corrected chi connectivity index (χ3v) is 4.58. The highest BCUT2D eigenvalue weighted by atomic mass is 19.4. The number of aryl methyl sites for hydroxylation is 1. The van der Waals surface area contributed by atoms with Crippen LogP contribution in [-0.2, 0) is 13.0 Å². The summed E-state index contributed by atoms with van der Waals surface area (Å²) < 4.78 is 40.6. The van der Waals surface area contributed by atoms with Crippen LogP contribution in [0.4, 0.5) is 13.2 Å². The van der Waals surface area contributed by atoms with E-state index >= 15 is 0 Å². The van der Waals surface area contributed by atoms with E-state index in [0.29, 0.717) is 45.8 Å². The Balaban J connectivity index is 1.91. The van der Waals surface area contributed by atoms with Gasteiger partial charge in [0.05, 0.1) is 6.54 Å². The second kappa shape index (κ2) is 9.20. The summed E-state index contributed by atoms with van der Waals surface area (Å²) in [5, 5.41) is 11.2. The fourth-order valence-electron chi connectivity index (χ4n) is 2.96. The van der Waals surface area contributed by atoms with E-state index in [2.05, 4.69) is 20.5 Å². The second-order valence-corrected chi connectivity index (χ2v) is 6.27. The van der Waals surface area contributed by atoms with Crippen LogP contribution in [0, 0.1) is 0 Å². The molecule has 0 radical (unpaired) electrons. The van der Waals surface area contributed by atoms with Gasteiger partial charge in [-0.25, -0.2) is 0 Å². The van der Waals surface area contributed by atoms with Crippen LogP contribution in [0.5, 0.6) is 0 Å². The summed E-state index contributed by atoms with van der Waals surface area (Å²) in [5.74, 6) is 1.66. The number of aliphatic imine (C=N–C) groups is 1. The average molecular weight is 375 g/mol. The smallest absolute Gasteiger partial charge is 0.357 e. The van der Waals surface area contributed by atoms with Crippen LogP contribution < -0.4 is 5.32 Å². The van der Waals surface area contributed by atoms with Crippen molar-refractivity contribution >= 4 is 5.96 Å². The summed E-state index contributed by atoms with van der Waals surface area (Å²) in [6, 6.07) is -1.41. The van der Waals surface area contributed by atoms with Gasteiger partial charge in [0.25, 0.3) is 0 Å². The molecule has 1 atom stereocenters. The van der Waals surface area contributed by atoms with Crippen LogP contribution in [0.2, 0.25) is 0 Å². The number of hydrogen-bond donors (Lipinski definition) is 1. The molecular weight excluding hydrogens is 347 g/mol. The third kappa shape index (κ3) is 5.33. The van der Waals surface area contributed by atoms with Gasteiger partial charge in [-0.1, -0.05) is 6.92 Å². The predicted octanol–water partition coefficient (Wildman–Crippen LogP) is 1.37. The molecule has 2 rings (SSSR count). The lowest BCUT2D eigenvalue weighted by molar-refractivity contribution is -0.181. The maximum Gasteiger partial charge on any atom is 0.403 e. The Labute approximate surface area is 152 Å². The fraction of sp³-hybridized carbons (Fsp3) is 0.812. The lowest BCUT2D eigenvalue weighted by Gasteiger charge is -2.39. The number of guanidine groups is 1. The van der Waals surface area contributed by atoms with Gasteiger partial charge in [-0.3, -0.25) is 9.89 Å². The molecule has 7 nitrogen and oxygen atoms in total. The van der Waals surface area contributed by atoms with E-state index < -0.39 is 12.2 Å². The molecule has 1 aromatic heterocycles. The van der Waals surface area contributed by atoms with Gasteiger partial charge in [0.1, 0.15) is 18.2 Å². The first-order chi connectivity index (χ1) is 12.4. The summed E-state index contributed by atoms with van der Waals surface area (Å²) >= 11 is 0. The zero-order chi connectivity index (χ0) is 19.2. The molecule has 0 amide bonds. The van der Waals surface area contributed by atoms with Crippen LogP contribution in [0.25, 0.3) is 0 Å². The van der Waals surface area contributed by atoms with E-state index in [1.807, 2.05) is 23.3 Å². The van der Waals surface area contributed by atoms with E-state index in [-0.39, 0.29) is 0 Å². The molecule has 0 bridgehead atoms. The van der Waals surface area contributed by atoms with Gasteiger partial charge in [-0.2, -0.15) is 13.2 Å². The van der Waals surface area contributed by atoms with Crippen molar-refractivity contribution in [2.24, 2.45) is 4.99 Å². The Morgan fingerprint density at radius 3 is 2.54 bits per heavy atom. The number of hydrogen-bond acceptors (Lipinski definition) is 4. The molecule has 26 heavy (non-hydrogen) atoms. The molecule has 148 valence electrons. The molecule has 0 spiro atoms. The standard InChI is InChI=1S/C16H28F3N7/c1-4-14-23-22-12-26(14)7-6-21-15(20-5-2)25-10-8-24(9-11-25)13(3)16(17,18)19/h12-13H,4-11H2,1-3H3,(H,20,21). The van der Waals surface area contributed by atoms with Crippen LogP contribution in [0.15, 0.2) is 11.3 Å². The van der Waals surface area contributed by atoms with Crippen LogP contribution >= 0.6 is 0 Å². The van der Waals surface area contributed by atoms with Crippen molar-refractivity contribution in [3.05, 3.63) is 12.2 Å². The Morgan fingerprint density at radius 1 is 1.27 bits per heavy atom. The molecule has 1 aliphatic heterocycles. The van der Waals surface area contributed by atoms with Gasteiger partial charge < -0.3 is 14.8 Å². The van der Waals surface area contributed by atoms with E-state index in [1.54, 1.807) is 6.33 Å². The first kappa shape index (κ1) is 20.5. The molecule has 0 aromatic carbocycles. The van der Waals surface area contributed by atoms with Crippen molar-refractivity contribution in [3.8, 4) is 0 Å². The lowest BCUT2D eigenvalue weighted by Crippen LogP contribution is -2.56. The van der Waals surface area contributed by atoms with Gasteiger partial charge in [-0.15, -0.1) is 10.2 Å². The highest BCUT2D eigenvalue weighted by Crippen LogP contribution is 2.25. The van der Waals surface area contributed by atoms with Crippen molar-refractivity contribution in [1.82, 2.24) is 29.9 Å². The Kier molecular flexibility index (Phi) is 7.24. The minimum atomic E-state index is -4.18. The minimum Gasteiger partial charge on any atom is -0.357 e. The normalized spacial score (nSPS) is 18.2. The molecule has 2 heterocycles. The lowest BCUT2D eigenvalue weighted by atomic mass is 10.2. The number of alkyl halides is 3. The number of aromatic nitrogens is 3. The molecule has 1 aromatic rings. The van der Waals surface area contributed by atoms with Gasteiger partial charge in [0.2, 0.25) is 0 Å². The summed E-state index contributed by atoms with van der Waals surface area (Å²) in [7, 11) is 0. The average Bonchev–Trinajstić information content (AvgIpc) is 3.07. The second-order valence-electron chi connectivity index (χ2n) is 6.27. The number of halogens is 3. The molecule has 1 saturated heterocycles. The molecule has 1 N–H and O–H groups in total. The molecule has 1 unspecified atom stereocenters. The number of rotatable bonds is 6. The van der Waals surface area contributed by atoms with Gasteiger partial charge in [0.15, 0.2) is 5.96 Å². The van der Waals surface area contributed by atoms with Crippen molar-refractivity contribution in [3.63, 3.8) is 0 Å². The molecule has 0 aliphatic carbocycles. The summed E-state index contributed by atoms with van der Waals surface area (Å²) in [6.07, 6.45) is -1.68. The zero-order valence-electron chi connectivity index (χ0n) is 15.6. The van der Waals surface area contributed by atoms with Crippen LogP contribution in [0.3, 0.4) is 0 Å². The molecule has 1 fully saturated rings. The first-order valence-electron chi connectivity index (χ1n) is 9.07. The Bertz CT molecular complexity index is 577. The van der Waals surface area contributed by atoms with Gasteiger partial charge >= 0.3 is 6.18 Å². The largest absolute Gasteiger partial charge is 0.403 e. The first-order valence-corrected chi connectivity index (χ1v) is 9.07. The maximum atomic E-state index is 12.9. The minimum absolute atomic E-state index is 0.372. The molecule has 1 aliphatic rings. The number of nitrogens with zero attached hydrogens (tertiary/aromatic N) is 6. The topological polar surface area (TPSA) is 61.6 Å². The van der Waals surface area contributed by atoms with Gasteiger partial charge in [0, 0.05) is 45.7 Å². The van der Waals surface area contributed by atoms with E-state index in [1.165, 1.54) is 11.8 Å². The fourth-order valence-corrected chi connectivity index (χ4v) is 2.96. The monoisotopic (exact) mass is 375 g/mol. The van der Waals surface area contributed by atoms with E-state index in [0.717, 1.165) is 18.2 Å². The maximum absolute atomic E-state index is 12.9.